The van der Waals surface area contributed by atoms with Gasteiger partial charge in [-0.3, -0.25) is 9.59 Å². The third kappa shape index (κ3) is 11.1. The Kier molecular flexibility index (Phi) is 14.5. The molecule has 4 aromatic rings. The Bertz CT molecular complexity index is 1740. The Hall–Kier alpha value is -5.33. The van der Waals surface area contributed by atoms with Gasteiger partial charge in [0.1, 0.15) is 11.6 Å². The molecule has 0 radical (unpaired) electrons. The fourth-order valence-electron chi connectivity index (χ4n) is 5.52. The van der Waals surface area contributed by atoms with E-state index in [1.165, 1.54) is 4.90 Å². The fraction of sp³-hybridized carbons (Fsp3) is 0.359. The van der Waals surface area contributed by atoms with Gasteiger partial charge in [-0.2, -0.15) is 4.98 Å². The zero-order valence-corrected chi connectivity index (χ0v) is 30.4. The lowest BCUT2D eigenvalue weighted by atomic mass is 10.1. The van der Waals surface area contributed by atoms with Crippen LogP contribution in [0.1, 0.15) is 47.3 Å². The van der Waals surface area contributed by atoms with Crippen LogP contribution in [0.3, 0.4) is 0 Å². The van der Waals surface area contributed by atoms with Gasteiger partial charge in [-0.1, -0.05) is 44.2 Å². The highest BCUT2D eigenvalue weighted by Gasteiger charge is 2.26. The average molecular weight is 696 g/mol. The number of aromatic nitrogens is 2. The summed E-state index contributed by atoms with van der Waals surface area (Å²) in [5, 5.41) is 6.01. The second-order valence-electron chi connectivity index (χ2n) is 12.1. The molecule has 270 valence electrons. The monoisotopic (exact) mass is 695 g/mol. The number of likely N-dealkylation sites (N-methyl/N-ethyl adjacent to an activating group) is 2. The van der Waals surface area contributed by atoms with Gasteiger partial charge in [-0.15, -0.1) is 0 Å². The van der Waals surface area contributed by atoms with Crippen LogP contribution in [0.2, 0.25) is 0 Å². The number of carbonyl (C=O) groups excluding carboxylic acids is 3. The number of nitrogens with one attached hydrogen (secondary N) is 2. The summed E-state index contributed by atoms with van der Waals surface area (Å²) in [5.74, 6) is 0.776. The first-order valence-corrected chi connectivity index (χ1v) is 17.2. The first kappa shape index (κ1) is 38.5. The molecule has 1 heterocycles. The predicted molar refractivity (Wildman–Crippen MR) is 200 cm³/mol. The molecule has 0 saturated carbocycles. The summed E-state index contributed by atoms with van der Waals surface area (Å²) in [7, 11) is 3.40. The fourth-order valence-corrected chi connectivity index (χ4v) is 5.52. The van der Waals surface area contributed by atoms with Crippen molar-refractivity contribution in [1.29, 1.82) is 0 Å². The van der Waals surface area contributed by atoms with Crippen molar-refractivity contribution in [2.24, 2.45) is 0 Å². The normalized spacial score (nSPS) is 10.9. The number of hydrogen-bond donors (Lipinski definition) is 2. The van der Waals surface area contributed by atoms with Crippen LogP contribution in [0.25, 0.3) is 0 Å². The van der Waals surface area contributed by atoms with Gasteiger partial charge in [0.2, 0.25) is 11.9 Å². The third-order valence-electron chi connectivity index (χ3n) is 8.47. The van der Waals surface area contributed by atoms with E-state index in [2.05, 4.69) is 34.4 Å². The van der Waals surface area contributed by atoms with Crippen LogP contribution in [0.5, 0.6) is 5.75 Å². The highest BCUT2D eigenvalue weighted by atomic mass is 16.6. The highest BCUT2D eigenvalue weighted by Crippen LogP contribution is 2.32. The summed E-state index contributed by atoms with van der Waals surface area (Å²) in [5.41, 5.74) is 4.47. The average Bonchev–Trinajstić information content (AvgIpc) is 3.13. The molecule has 0 unspecified atom stereocenters. The lowest BCUT2D eigenvalue weighted by Gasteiger charge is -2.25. The Labute approximate surface area is 300 Å². The lowest BCUT2D eigenvalue weighted by Crippen LogP contribution is -2.36. The maximum absolute atomic E-state index is 14.0. The van der Waals surface area contributed by atoms with E-state index in [0.29, 0.717) is 61.0 Å². The molecule has 2 N–H and O–H groups in total. The van der Waals surface area contributed by atoms with Crippen LogP contribution >= 0.6 is 0 Å². The topological polar surface area (TPSA) is 129 Å². The summed E-state index contributed by atoms with van der Waals surface area (Å²) in [6.45, 7) is 12.3. The Morgan fingerprint density at radius 3 is 2.27 bits per heavy atom. The van der Waals surface area contributed by atoms with E-state index in [0.717, 1.165) is 36.3 Å². The van der Waals surface area contributed by atoms with E-state index < -0.39 is 6.09 Å². The molecule has 0 aliphatic heterocycles. The maximum atomic E-state index is 14.0. The molecule has 0 spiro atoms. The molecule has 0 atom stereocenters. The van der Waals surface area contributed by atoms with Gasteiger partial charge in [0.25, 0.3) is 5.91 Å². The van der Waals surface area contributed by atoms with E-state index in [4.69, 9.17) is 14.5 Å². The standard InChI is InChI=1S/C39H49N7O5/c1-7-45(8-2)25-24-44(5)37(48)31-16-18-32(19-17-31)42-38-41-22-21-34(43-38)46(36-28(3)11-9-12-29(36)4)39(49)51-33-14-10-13-30(27-33)15-20-35(47)40-23-26-50-6/h9-14,16-19,21-22,27H,7-8,15,20,23-26H2,1-6H3,(H,40,47)(H,41,42,43). The number of aryl methyl sites for hydroxylation is 3. The van der Waals surface area contributed by atoms with Crippen molar-refractivity contribution in [3.05, 3.63) is 101 Å². The summed E-state index contributed by atoms with van der Waals surface area (Å²) < 4.78 is 10.9. The summed E-state index contributed by atoms with van der Waals surface area (Å²) >= 11 is 0. The van der Waals surface area contributed by atoms with Crippen molar-refractivity contribution < 1.29 is 23.9 Å². The minimum Gasteiger partial charge on any atom is -0.410 e. The molecule has 0 fully saturated rings. The zero-order chi connectivity index (χ0) is 36.8. The number of nitrogens with zero attached hydrogens (tertiary/aromatic N) is 5. The second-order valence-corrected chi connectivity index (χ2v) is 12.1. The number of carbonyl (C=O) groups is 3. The van der Waals surface area contributed by atoms with Gasteiger partial charge in [-0.25, -0.2) is 14.7 Å². The largest absolute Gasteiger partial charge is 0.425 e. The number of rotatable bonds is 17. The third-order valence-corrected chi connectivity index (χ3v) is 8.47. The van der Waals surface area contributed by atoms with E-state index in [9.17, 15) is 14.4 Å². The molecule has 0 aliphatic carbocycles. The van der Waals surface area contributed by atoms with Crippen LogP contribution in [0, 0.1) is 13.8 Å². The van der Waals surface area contributed by atoms with Crippen LogP contribution in [-0.4, -0.2) is 91.2 Å². The minimum absolute atomic E-state index is 0.0521. The predicted octanol–water partition coefficient (Wildman–Crippen LogP) is 6.28. The van der Waals surface area contributed by atoms with Crippen molar-refractivity contribution in [3.8, 4) is 5.75 Å². The molecule has 51 heavy (non-hydrogen) atoms. The molecule has 3 amide bonds. The molecule has 3 aromatic carbocycles. The number of benzene rings is 3. The highest BCUT2D eigenvalue weighted by molar-refractivity contribution is 5.98. The molecule has 0 bridgehead atoms. The second kappa shape index (κ2) is 19.2. The van der Waals surface area contributed by atoms with Crippen molar-refractivity contribution in [3.63, 3.8) is 0 Å². The molecule has 4 rings (SSSR count). The first-order chi connectivity index (χ1) is 24.6. The maximum Gasteiger partial charge on any atom is 0.425 e. The number of anilines is 4. The molecule has 12 heteroatoms. The number of methoxy groups -OCH3 is 1. The minimum atomic E-state index is -0.653. The number of amides is 3. The number of ether oxygens (including phenoxy) is 2. The molecular formula is C39H49N7O5. The first-order valence-electron chi connectivity index (χ1n) is 17.2. The molecule has 1 aromatic heterocycles. The molecule has 0 aliphatic rings. The SMILES string of the molecule is CCN(CC)CCN(C)C(=O)c1ccc(Nc2nccc(N(C(=O)Oc3cccc(CCC(=O)NCCOC)c3)c3c(C)cccc3C)n2)cc1. The summed E-state index contributed by atoms with van der Waals surface area (Å²) in [6, 6.07) is 21.7. The quantitative estimate of drug-likeness (QED) is 0.123. The van der Waals surface area contributed by atoms with E-state index in [-0.39, 0.29) is 17.8 Å². The van der Waals surface area contributed by atoms with Crippen molar-refractivity contribution >= 4 is 41.0 Å². The Morgan fingerprint density at radius 1 is 0.882 bits per heavy atom. The van der Waals surface area contributed by atoms with Crippen LogP contribution in [0.4, 0.5) is 27.9 Å². The lowest BCUT2D eigenvalue weighted by molar-refractivity contribution is -0.121. The van der Waals surface area contributed by atoms with Crippen LogP contribution in [-0.2, 0) is 16.0 Å². The Balaban J connectivity index is 1.51. The van der Waals surface area contributed by atoms with Gasteiger partial charge < -0.3 is 29.9 Å². The number of hydrogen-bond acceptors (Lipinski definition) is 9. The summed E-state index contributed by atoms with van der Waals surface area (Å²) in [6.07, 6.45) is 1.69. The molecule has 0 saturated heterocycles. The number of para-hydroxylation sites is 1. The van der Waals surface area contributed by atoms with E-state index in [1.54, 1.807) is 66.7 Å². The van der Waals surface area contributed by atoms with Crippen molar-refractivity contribution in [2.75, 3.05) is 63.7 Å². The zero-order valence-electron chi connectivity index (χ0n) is 30.4. The van der Waals surface area contributed by atoms with E-state index >= 15 is 0 Å². The van der Waals surface area contributed by atoms with Crippen molar-refractivity contribution in [1.82, 2.24) is 25.1 Å². The molecule has 12 nitrogen and oxygen atoms in total. The van der Waals surface area contributed by atoms with E-state index in [1.807, 2.05) is 45.2 Å². The van der Waals surface area contributed by atoms with Crippen LogP contribution < -0.4 is 20.3 Å². The smallest absolute Gasteiger partial charge is 0.410 e. The van der Waals surface area contributed by atoms with Gasteiger partial charge >= 0.3 is 6.09 Å². The molecular weight excluding hydrogens is 646 g/mol. The summed E-state index contributed by atoms with van der Waals surface area (Å²) in [4.78, 5) is 53.7. The van der Waals surface area contributed by atoms with Gasteiger partial charge in [0.15, 0.2) is 0 Å². The van der Waals surface area contributed by atoms with Gasteiger partial charge in [-0.05, 0) is 86.4 Å². The van der Waals surface area contributed by atoms with Gasteiger partial charge in [0, 0.05) is 63.7 Å². The van der Waals surface area contributed by atoms with Crippen molar-refractivity contribution in [2.45, 2.75) is 40.5 Å². The van der Waals surface area contributed by atoms with Crippen LogP contribution in [0.15, 0.2) is 79.0 Å². The van der Waals surface area contributed by atoms with Gasteiger partial charge in [0.05, 0.1) is 12.3 Å². The Morgan fingerprint density at radius 2 is 1.59 bits per heavy atom.